The van der Waals surface area contributed by atoms with Crippen molar-refractivity contribution in [3.8, 4) is 43.4 Å². The van der Waals surface area contributed by atoms with Crippen molar-refractivity contribution >= 4 is 106 Å². The highest BCUT2D eigenvalue weighted by Crippen LogP contribution is 2.48. The lowest BCUT2D eigenvalue weighted by Gasteiger charge is -2.29. The predicted molar refractivity (Wildman–Crippen MR) is 360 cm³/mol. The van der Waals surface area contributed by atoms with Gasteiger partial charge >= 0.3 is 11.9 Å². The van der Waals surface area contributed by atoms with E-state index in [2.05, 4.69) is 72.4 Å². The van der Waals surface area contributed by atoms with Crippen LogP contribution in [-0.2, 0) is 37.9 Å². The van der Waals surface area contributed by atoms with Gasteiger partial charge in [0.1, 0.15) is 10.0 Å². The quantitative estimate of drug-likeness (QED) is 0.109. The molecule has 0 radical (unpaired) electrons. The molecule has 0 saturated carbocycles. The lowest BCUT2D eigenvalue weighted by molar-refractivity contribution is -0.166. The van der Waals surface area contributed by atoms with Crippen LogP contribution in [0.15, 0.2) is 103 Å². The molecule has 458 valence electrons. The first kappa shape index (κ1) is 62.7. The average molecular weight is 1260 g/mol. The highest BCUT2D eigenvalue weighted by Gasteiger charge is 2.36. The van der Waals surface area contributed by atoms with Crippen molar-refractivity contribution in [1.82, 2.24) is 39.3 Å². The van der Waals surface area contributed by atoms with Crippen molar-refractivity contribution in [2.75, 3.05) is 46.9 Å². The highest BCUT2D eigenvalue weighted by molar-refractivity contribution is 7.22. The van der Waals surface area contributed by atoms with E-state index in [0.717, 1.165) is 154 Å². The first-order chi connectivity index (χ1) is 41.8. The van der Waals surface area contributed by atoms with Crippen LogP contribution in [-0.4, -0.2) is 114 Å². The molecule has 14 nitrogen and oxygen atoms in total. The molecule has 0 spiro atoms. The van der Waals surface area contributed by atoms with Crippen LogP contribution in [0.3, 0.4) is 0 Å². The molecule has 10 aromatic rings. The third-order valence-electron chi connectivity index (χ3n) is 16.4. The van der Waals surface area contributed by atoms with Crippen LogP contribution in [0.2, 0.25) is 10.0 Å². The van der Waals surface area contributed by atoms with Gasteiger partial charge in [0.25, 0.3) is 0 Å². The first-order valence-electron chi connectivity index (χ1n) is 30.0. The zero-order valence-electron chi connectivity index (χ0n) is 52.3. The van der Waals surface area contributed by atoms with Gasteiger partial charge < -0.3 is 29.1 Å². The monoisotopic (exact) mass is 1260 g/mol. The molecule has 0 unspecified atom stereocenters. The van der Waals surface area contributed by atoms with E-state index >= 15 is 0 Å². The Balaban J connectivity index is 0.000000182. The largest absolute Gasteiger partial charge is 0.479 e. The minimum absolute atomic E-state index is 0.261. The number of esters is 1. The number of ether oxygens (including phenoxy) is 3. The van der Waals surface area contributed by atoms with Gasteiger partial charge in [-0.2, -0.15) is 10.2 Å². The maximum atomic E-state index is 13.5. The summed E-state index contributed by atoms with van der Waals surface area (Å²) < 4.78 is 24.0. The van der Waals surface area contributed by atoms with Crippen LogP contribution in [0.4, 0.5) is 0 Å². The van der Waals surface area contributed by atoms with Gasteiger partial charge in [0.15, 0.2) is 12.2 Å². The van der Waals surface area contributed by atoms with Gasteiger partial charge in [0, 0.05) is 87.3 Å². The SMILES string of the molecule is CCOC(=O)[C@@H](OC(C)(C)C)c1c(C)cc2nc(-c3ccc4c(c3)c(C3=CCN(C)CC3)nn4C)sc2c1-c1ccc(Cl)cc1.Cc1cc2nc(-c3ccc4c(c3)c(C3CCN(C)CC3)nn4C)sc2c(-c2ccc(Cl)cc2)c1[C@H](OC(C)(C)C)C(=O)O. The molecular formula is C70H76Cl2N8O6S2. The number of aryl methyl sites for hydroxylation is 4. The van der Waals surface area contributed by atoms with E-state index < -0.39 is 35.3 Å². The molecule has 6 heterocycles. The van der Waals surface area contributed by atoms with Crippen LogP contribution in [0.25, 0.3) is 91.2 Å². The van der Waals surface area contributed by atoms with Crippen molar-refractivity contribution in [3.63, 3.8) is 0 Å². The topological polar surface area (TPSA) is 150 Å². The highest BCUT2D eigenvalue weighted by atomic mass is 35.5. The Morgan fingerprint density at radius 2 is 1.11 bits per heavy atom. The molecule has 0 bridgehead atoms. The number of likely N-dealkylation sites (tertiary alicyclic amines) is 1. The van der Waals surface area contributed by atoms with Crippen molar-refractivity contribution in [2.45, 2.75) is 111 Å². The number of aliphatic carboxylic acids is 1. The second kappa shape index (κ2) is 25.2. The minimum atomic E-state index is -1.15. The maximum absolute atomic E-state index is 13.5. The Bertz CT molecular complexity index is 4310. The zero-order chi connectivity index (χ0) is 62.7. The van der Waals surface area contributed by atoms with Crippen molar-refractivity contribution in [1.29, 1.82) is 0 Å². The normalized spacial score (nSPS) is 15.5. The van der Waals surface area contributed by atoms with E-state index in [1.54, 1.807) is 22.7 Å². The number of thiazole rings is 2. The Labute approximate surface area is 532 Å². The second-order valence-electron chi connectivity index (χ2n) is 25.3. The lowest BCUT2D eigenvalue weighted by atomic mass is 9.91. The Morgan fingerprint density at radius 1 is 0.636 bits per heavy atom. The number of piperidine rings is 1. The molecule has 1 fully saturated rings. The number of aromatic nitrogens is 6. The molecule has 2 aliphatic rings. The van der Waals surface area contributed by atoms with Crippen LogP contribution in [0.1, 0.15) is 119 Å². The van der Waals surface area contributed by atoms with E-state index in [9.17, 15) is 14.7 Å². The summed E-state index contributed by atoms with van der Waals surface area (Å²) in [5, 5.41) is 25.6. The van der Waals surface area contributed by atoms with Crippen molar-refractivity contribution in [3.05, 3.63) is 147 Å². The summed E-state index contributed by atoms with van der Waals surface area (Å²) in [6.45, 7) is 21.6. The smallest absolute Gasteiger partial charge is 0.339 e. The molecule has 2 atom stereocenters. The van der Waals surface area contributed by atoms with E-state index in [1.165, 1.54) is 11.0 Å². The molecule has 0 aliphatic carbocycles. The summed E-state index contributed by atoms with van der Waals surface area (Å²) in [6.07, 6.45) is 3.40. The number of carbonyl (C=O) groups excluding carboxylic acids is 1. The number of hydrogen-bond acceptors (Lipinski definition) is 13. The number of carboxylic acid groups (broad SMARTS) is 1. The predicted octanol–water partition coefficient (Wildman–Crippen LogP) is 16.8. The van der Waals surface area contributed by atoms with Gasteiger partial charge in [-0.15, -0.1) is 22.7 Å². The maximum Gasteiger partial charge on any atom is 0.339 e. The standard InChI is InChI=1S/C36H39ClN4O3S.C34H37ClN4O3S/c1-8-43-35(42)32(44-36(3,4)5)29-21(2)19-27-33(30(29)22-9-12-25(37)13-10-22)45-34(38-27)24-11-14-28-26(20-24)31(39-41(28)7)23-15-17-40(6)18-16-23;1-19-17-25-31(28(20-7-10-23(35)11-8-20)27(19)30(33(40)41)42-34(2,3)4)43-32(36-25)22-9-12-26-24(18-22)29(37-39(26)6)21-13-15-38(5)16-14-21/h9-15,19-20,32H,8,16-18H2,1-7H3;7-12,17-18,21,30H,13-16H2,1-6H3,(H,40,41)/t32-;30-/m00/s1. The number of likely N-dealkylation sites (N-methyl/N-ethyl adjacent to an activating group) is 1. The van der Waals surface area contributed by atoms with Gasteiger partial charge in [-0.25, -0.2) is 19.6 Å². The summed E-state index contributed by atoms with van der Waals surface area (Å²) in [6, 6.07) is 32.2. The fourth-order valence-electron chi connectivity index (χ4n) is 12.2. The number of benzene rings is 6. The van der Waals surface area contributed by atoms with E-state index in [-0.39, 0.29) is 6.61 Å². The number of fused-ring (bicyclic) bond motifs is 4. The molecule has 2 aliphatic heterocycles. The molecule has 6 aromatic carbocycles. The van der Waals surface area contributed by atoms with E-state index in [4.69, 9.17) is 57.6 Å². The van der Waals surface area contributed by atoms with Crippen LogP contribution in [0, 0.1) is 13.8 Å². The minimum Gasteiger partial charge on any atom is -0.479 e. The van der Waals surface area contributed by atoms with Gasteiger partial charge in [-0.3, -0.25) is 9.36 Å². The Kier molecular flexibility index (Phi) is 18.0. The van der Waals surface area contributed by atoms with E-state index in [0.29, 0.717) is 21.5 Å². The summed E-state index contributed by atoms with van der Waals surface area (Å²) in [5.41, 5.74) is 14.9. The second-order valence-corrected chi connectivity index (χ2v) is 28.2. The molecule has 0 amide bonds. The fourth-order valence-corrected chi connectivity index (χ4v) is 14.7. The summed E-state index contributed by atoms with van der Waals surface area (Å²) in [4.78, 5) is 41.1. The number of rotatable bonds is 13. The van der Waals surface area contributed by atoms with Gasteiger partial charge in [-0.05, 0) is 209 Å². The first-order valence-corrected chi connectivity index (χ1v) is 32.4. The Morgan fingerprint density at radius 3 is 1.60 bits per heavy atom. The van der Waals surface area contributed by atoms with Crippen LogP contribution >= 0.6 is 45.9 Å². The van der Waals surface area contributed by atoms with Gasteiger partial charge in [-0.1, -0.05) is 53.5 Å². The summed E-state index contributed by atoms with van der Waals surface area (Å²) >= 11 is 15.8. The molecular weight excluding hydrogens is 1180 g/mol. The fraction of sp³-hybridized carbons (Fsp3) is 0.371. The number of carboxylic acids is 1. The third kappa shape index (κ3) is 13.1. The number of nitrogens with zero attached hydrogens (tertiary/aromatic N) is 8. The van der Waals surface area contributed by atoms with Crippen molar-refractivity contribution < 1.29 is 28.9 Å². The zero-order valence-corrected chi connectivity index (χ0v) is 55.5. The lowest BCUT2D eigenvalue weighted by Crippen LogP contribution is -2.29. The molecule has 18 heteroatoms. The number of carbonyl (C=O) groups is 2. The molecule has 1 N–H and O–H groups in total. The van der Waals surface area contributed by atoms with E-state index in [1.807, 2.05) is 140 Å². The number of hydrogen-bond donors (Lipinski definition) is 1. The summed E-state index contributed by atoms with van der Waals surface area (Å²) in [7, 11) is 8.34. The molecule has 88 heavy (non-hydrogen) atoms. The van der Waals surface area contributed by atoms with Crippen LogP contribution in [0.5, 0.6) is 0 Å². The van der Waals surface area contributed by atoms with Crippen LogP contribution < -0.4 is 0 Å². The summed E-state index contributed by atoms with van der Waals surface area (Å²) in [5.74, 6) is -1.00. The third-order valence-corrected chi connectivity index (χ3v) is 19.1. The number of halogens is 2. The van der Waals surface area contributed by atoms with Gasteiger partial charge in [0.05, 0.1) is 60.7 Å². The Hall–Kier alpha value is -6.86. The molecule has 1 saturated heterocycles. The molecule has 4 aromatic heterocycles. The van der Waals surface area contributed by atoms with Gasteiger partial charge in [0.2, 0.25) is 0 Å². The van der Waals surface area contributed by atoms with Crippen molar-refractivity contribution in [2.24, 2.45) is 14.1 Å². The average Bonchev–Trinajstić information content (AvgIpc) is 1.54. The molecule has 12 rings (SSSR count).